The highest BCUT2D eigenvalue weighted by molar-refractivity contribution is 7.99. The predicted molar refractivity (Wildman–Crippen MR) is 70.9 cm³/mol. The molecular formula is C11H17N5O2S. The van der Waals surface area contributed by atoms with Crippen LogP contribution in [0.3, 0.4) is 0 Å². The van der Waals surface area contributed by atoms with Crippen LogP contribution in [0.4, 0.5) is 4.79 Å². The van der Waals surface area contributed by atoms with E-state index in [1.54, 1.807) is 0 Å². The second-order valence-electron chi connectivity index (χ2n) is 4.37. The largest absolute Gasteiger partial charge is 0.338 e. The van der Waals surface area contributed by atoms with Crippen molar-refractivity contribution in [2.45, 2.75) is 37.3 Å². The van der Waals surface area contributed by atoms with Crippen molar-refractivity contribution in [1.82, 2.24) is 25.8 Å². The van der Waals surface area contributed by atoms with Gasteiger partial charge in [-0.2, -0.15) is 0 Å². The molecule has 1 aliphatic carbocycles. The quantitative estimate of drug-likeness (QED) is 0.677. The van der Waals surface area contributed by atoms with E-state index in [0.29, 0.717) is 17.6 Å². The van der Waals surface area contributed by atoms with E-state index in [2.05, 4.69) is 25.8 Å². The molecule has 0 atom stereocenters. The SMILES string of the molecule is CCCNC(=O)NC(=O)CSc1n[nH]c(C2CC2)n1. The minimum Gasteiger partial charge on any atom is -0.338 e. The first kappa shape index (κ1) is 13.9. The van der Waals surface area contributed by atoms with Gasteiger partial charge in [0.25, 0.3) is 0 Å². The normalized spacial score (nSPS) is 14.2. The summed E-state index contributed by atoms with van der Waals surface area (Å²) in [6.07, 6.45) is 3.13. The first-order chi connectivity index (χ1) is 9.19. The second kappa shape index (κ2) is 6.55. The van der Waals surface area contributed by atoms with Crippen LogP contribution in [0.25, 0.3) is 0 Å². The van der Waals surface area contributed by atoms with Gasteiger partial charge in [-0.25, -0.2) is 9.78 Å². The molecule has 7 nitrogen and oxygen atoms in total. The number of rotatable bonds is 6. The Balaban J connectivity index is 1.68. The molecule has 0 radical (unpaired) electrons. The number of aromatic nitrogens is 3. The monoisotopic (exact) mass is 283 g/mol. The molecule has 3 amide bonds. The zero-order valence-corrected chi connectivity index (χ0v) is 11.5. The summed E-state index contributed by atoms with van der Waals surface area (Å²) in [6, 6.07) is -0.457. The standard InChI is InChI=1S/C11H17N5O2S/c1-2-5-12-10(18)13-8(17)6-19-11-14-9(15-16-11)7-3-4-7/h7H,2-6H2,1H3,(H,14,15,16)(H2,12,13,17,18). The molecular weight excluding hydrogens is 266 g/mol. The molecule has 0 unspecified atom stereocenters. The van der Waals surface area contributed by atoms with E-state index in [1.807, 2.05) is 6.92 Å². The van der Waals surface area contributed by atoms with Gasteiger partial charge in [0.15, 0.2) is 0 Å². The van der Waals surface area contributed by atoms with E-state index >= 15 is 0 Å². The molecule has 0 spiro atoms. The smallest absolute Gasteiger partial charge is 0.321 e. The van der Waals surface area contributed by atoms with Crippen molar-refractivity contribution in [2.24, 2.45) is 0 Å². The maximum absolute atomic E-state index is 11.5. The van der Waals surface area contributed by atoms with E-state index in [1.165, 1.54) is 11.8 Å². The van der Waals surface area contributed by atoms with Crippen LogP contribution >= 0.6 is 11.8 Å². The van der Waals surface area contributed by atoms with Crippen LogP contribution in [0.2, 0.25) is 0 Å². The molecule has 19 heavy (non-hydrogen) atoms. The maximum Gasteiger partial charge on any atom is 0.321 e. The molecule has 1 aromatic rings. The highest BCUT2D eigenvalue weighted by Gasteiger charge is 2.27. The van der Waals surface area contributed by atoms with Gasteiger partial charge in [-0.1, -0.05) is 18.7 Å². The van der Waals surface area contributed by atoms with Crippen molar-refractivity contribution in [3.63, 3.8) is 0 Å². The van der Waals surface area contributed by atoms with Crippen LogP contribution in [0.5, 0.6) is 0 Å². The average Bonchev–Trinajstić information content (AvgIpc) is 3.13. The number of carbonyl (C=O) groups is 2. The molecule has 104 valence electrons. The highest BCUT2D eigenvalue weighted by Crippen LogP contribution is 2.38. The van der Waals surface area contributed by atoms with E-state index in [0.717, 1.165) is 25.1 Å². The van der Waals surface area contributed by atoms with Crippen molar-refractivity contribution < 1.29 is 9.59 Å². The summed E-state index contributed by atoms with van der Waals surface area (Å²) in [6.45, 7) is 2.50. The Labute approximate surface area is 115 Å². The van der Waals surface area contributed by atoms with Crippen molar-refractivity contribution in [3.8, 4) is 0 Å². The number of hydrogen-bond donors (Lipinski definition) is 3. The summed E-state index contributed by atoms with van der Waals surface area (Å²) in [5, 5.41) is 12.3. The molecule has 0 aliphatic heterocycles. The third-order valence-corrected chi connectivity index (χ3v) is 3.41. The van der Waals surface area contributed by atoms with Crippen molar-refractivity contribution in [2.75, 3.05) is 12.3 Å². The average molecular weight is 283 g/mol. The molecule has 0 bridgehead atoms. The van der Waals surface area contributed by atoms with E-state index in [9.17, 15) is 9.59 Å². The molecule has 1 aliphatic rings. The summed E-state index contributed by atoms with van der Waals surface area (Å²) >= 11 is 1.21. The summed E-state index contributed by atoms with van der Waals surface area (Å²) in [5.41, 5.74) is 0. The fourth-order valence-electron chi connectivity index (χ4n) is 1.44. The lowest BCUT2D eigenvalue weighted by molar-refractivity contribution is -0.117. The number of nitrogens with one attached hydrogen (secondary N) is 3. The van der Waals surface area contributed by atoms with Gasteiger partial charge in [0.1, 0.15) is 5.82 Å². The number of amides is 3. The number of urea groups is 1. The molecule has 1 aromatic heterocycles. The topological polar surface area (TPSA) is 99.8 Å². The third kappa shape index (κ3) is 4.55. The molecule has 8 heteroatoms. The van der Waals surface area contributed by atoms with Gasteiger partial charge >= 0.3 is 6.03 Å². The number of thioether (sulfide) groups is 1. The second-order valence-corrected chi connectivity index (χ2v) is 5.31. The van der Waals surface area contributed by atoms with Crippen LogP contribution in [-0.4, -0.2) is 39.4 Å². The lowest BCUT2D eigenvalue weighted by atomic mass is 10.4. The number of hydrogen-bond acceptors (Lipinski definition) is 5. The Kier molecular flexibility index (Phi) is 4.78. The van der Waals surface area contributed by atoms with Gasteiger partial charge in [0.2, 0.25) is 11.1 Å². The molecule has 0 aromatic carbocycles. The third-order valence-electron chi connectivity index (χ3n) is 2.57. The summed E-state index contributed by atoms with van der Waals surface area (Å²) in [7, 11) is 0. The van der Waals surface area contributed by atoms with Crippen molar-refractivity contribution >= 4 is 23.7 Å². The Morgan fingerprint density at radius 3 is 2.95 bits per heavy atom. The number of H-pyrrole nitrogens is 1. The van der Waals surface area contributed by atoms with Crippen LogP contribution in [0.15, 0.2) is 5.16 Å². The lowest BCUT2D eigenvalue weighted by Gasteiger charge is -2.04. The maximum atomic E-state index is 11.5. The Morgan fingerprint density at radius 2 is 2.26 bits per heavy atom. The van der Waals surface area contributed by atoms with Crippen LogP contribution in [0.1, 0.15) is 37.9 Å². The Hall–Kier alpha value is -1.57. The zero-order valence-electron chi connectivity index (χ0n) is 10.7. The zero-order chi connectivity index (χ0) is 13.7. The van der Waals surface area contributed by atoms with Gasteiger partial charge in [-0.3, -0.25) is 15.2 Å². The molecule has 3 N–H and O–H groups in total. The fraction of sp³-hybridized carbons (Fsp3) is 0.636. The Bertz CT molecular complexity index is 458. The van der Waals surface area contributed by atoms with E-state index in [-0.39, 0.29) is 11.7 Å². The number of carbonyl (C=O) groups excluding carboxylic acids is 2. The van der Waals surface area contributed by atoms with Gasteiger partial charge in [0.05, 0.1) is 5.75 Å². The molecule has 2 rings (SSSR count). The van der Waals surface area contributed by atoms with Crippen LogP contribution in [0, 0.1) is 0 Å². The highest BCUT2D eigenvalue weighted by atomic mass is 32.2. The predicted octanol–water partition coefficient (Wildman–Crippen LogP) is 1.01. The minimum atomic E-state index is -0.457. The number of imide groups is 1. The van der Waals surface area contributed by atoms with Gasteiger partial charge in [0, 0.05) is 12.5 Å². The van der Waals surface area contributed by atoms with Crippen LogP contribution < -0.4 is 10.6 Å². The van der Waals surface area contributed by atoms with E-state index in [4.69, 9.17) is 0 Å². The molecule has 1 fully saturated rings. The Morgan fingerprint density at radius 1 is 1.47 bits per heavy atom. The summed E-state index contributed by atoms with van der Waals surface area (Å²) < 4.78 is 0. The summed E-state index contributed by atoms with van der Waals surface area (Å²) in [4.78, 5) is 27.0. The van der Waals surface area contributed by atoms with Crippen LogP contribution in [-0.2, 0) is 4.79 Å². The lowest BCUT2D eigenvalue weighted by Crippen LogP contribution is -2.40. The first-order valence-electron chi connectivity index (χ1n) is 6.31. The van der Waals surface area contributed by atoms with E-state index < -0.39 is 6.03 Å². The van der Waals surface area contributed by atoms with Crippen molar-refractivity contribution in [1.29, 1.82) is 0 Å². The molecule has 1 saturated carbocycles. The first-order valence-corrected chi connectivity index (χ1v) is 7.30. The number of aromatic amines is 1. The minimum absolute atomic E-state index is 0.126. The molecule has 1 heterocycles. The number of nitrogens with zero attached hydrogens (tertiary/aromatic N) is 2. The molecule has 0 saturated heterocycles. The van der Waals surface area contributed by atoms with Gasteiger partial charge in [-0.05, 0) is 19.3 Å². The van der Waals surface area contributed by atoms with Gasteiger partial charge < -0.3 is 5.32 Å². The van der Waals surface area contributed by atoms with Gasteiger partial charge in [-0.15, -0.1) is 5.10 Å². The fourth-order valence-corrected chi connectivity index (χ4v) is 2.04. The van der Waals surface area contributed by atoms with Crippen molar-refractivity contribution in [3.05, 3.63) is 5.82 Å². The summed E-state index contributed by atoms with van der Waals surface area (Å²) in [5.74, 6) is 1.18.